The SMILES string of the molecule is Cc1cc(C(=O)O)ccc1C(=O)N1CCNCC1. The summed E-state index contributed by atoms with van der Waals surface area (Å²) in [5, 5.41) is 12.1. The Kier molecular flexibility index (Phi) is 3.62. The molecule has 1 aliphatic heterocycles. The van der Waals surface area contributed by atoms with E-state index in [1.165, 1.54) is 12.1 Å². The normalized spacial score (nSPS) is 15.5. The number of carbonyl (C=O) groups excluding carboxylic acids is 1. The number of hydrogen-bond acceptors (Lipinski definition) is 3. The Hall–Kier alpha value is -1.88. The fraction of sp³-hybridized carbons (Fsp3) is 0.385. The van der Waals surface area contributed by atoms with E-state index in [0.717, 1.165) is 13.1 Å². The van der Waals surface area contributed by atoms with Gasteiger partial charge in [0.1, 0.15) is 0 Å². The standard InChI is InChI=1S/C13H16N2O3/c1-9-8-10(13(17)18)2-3-11(9)12(16)15-6-4-14-5-7-15/h2-3,8,14H,4-7H2,1H3,(H,17,18). The fourth-order valence-corrected chi connectivity index (χ4v) is 2.07. The van der Waals surface area contributed by atoms with E-state index >= 15 is 0 Å². The summed E-state index contributed by atoms with van der Waals surface area (Å²) in [7, 11) is 0. The molecule has 1 aromatic carbocycles. The van der Waals surface area contributed by atoms with E-state index in [1.807, 2.05) is 0 Å². The highest BCUT2D eigenvalue weighted by Crippen LogP contribution is 2.14. The van der Waals surface area contributed by atoms with Crippen LogP contribution in [0.3, 0.4) is 0 Å². The Morgan fingerprint density at radius 3 is 2.50 bits per heavy atom. The van der Waals surface area contributed by atoms with Gasteiger partial charge in [-0.1, -0.05) is 0 Å². The van der Waals surface area contributed by atoms with E-state index in [-0.39, 0.29) is 11.5 Å². The first-order valence-electron chi connectivity index (χ1n) is 5.93. The van der Waals surface area contributed by atoms with Crippen LogP contribution < -0.4 is 5.32 Å². The molecule has 0 unspecified atom stereocenters. The second kappa shape index (κ2) is 5.18. The van der Waals surface area contributed by atoms with Crippen LogP contribution in [0.15, 0.2) is 18.2 Å². The number of piperazine rings is 1. The van der Waals surface area contributed by atoms with Crippen LogP contribution in [0.25, 0.3) is 0 Å². The average molecular weight is 248 g/mol. The van der Waals surface area contributed by atoms with Crippen LogP contribution in [0.5, 0.6) is 0 Å². The maximum Gasteiger partial charge on any atom is 0.335 e. The molecule has 2 rings (SSSR count). The van der Waals surface area contributed by atoms with Crippen molar-refractivity contribution in [3.63, 3.8) is 0 Å². The summed E-state index contributed by atoms with van der Waals surface area (Å²) in [6.07, 6.45) is 0. The van der Waals surface area contributed by atoms with Crippen LogP contribution in [0.1, 0.15) is 26.3 Å². The number of nitrogens with one attached hydrogen (secondary N) is 1. The van der Waals surface area contributed by atoms with Gasteiger partial charge in [-0.15, -0.1) is 0 Å². The van der Waals surface area contributed by atoms with Crippen LogP contribution >= 0.6 is 0 Å². The number of carboxylic acid groups (broad SMARTS) is 1. The molecule has 0 atom stereocenters. The Balaban J connectivity index is 2.22. The van der Waals surface area contributed by atoms with Crippen molar-refractivity contribution < 1.29 is 14.7 Å². The molecule has 1 saturated heterocycles. The lowest BCUT2D eigenvalue weighted by Crippen LogP contribution is -2.46. The molecule has 5 nitrogen and oxygen atoms in total. The highest BCUT2D eigenvalue weighted by atomic mass is 16.4. The van der Waals surface area contributed by atoms with Gasteiger partial charge in [0.25, 0.3) is 5.91 Å². The van der Waals surface area contributed by atoms with Crippen molar-refractivity contribution in [1.82, 2.24) is 10.2 Å². The number of amides is 1. The Morgan fingerprint density at radius 2 is 1.94 bits per heavy atom. The van der Waals surface area contributed by atoms with Crippen molar-refractivity contribution in [2.24, 2.45) is 0 Å². The second-order valence-corrected chi connectivity index (χ2v) is 4.38. The molecule has 96 valence electrons. The topological polar surface area (TPSA) is 69.6 Å². The van der Waals surface area contributed by atoms with Crippen molar-refractivity contribution in [2.45, 2.75) is 6.92 Å². The molecule has 0 bridgehead atoms. The number of hydrogen-bond donors (Lipinski definition) is 2. The number of benzene rings is 1. The summed E-state index contributed by atoms with van der Waals surface area (Å²) < 4.78 is 0. The van der Waals surface area contributed by atoms with E-state index in [9.17, 15) is 9.59 Å². The average Bonchev–Trinajstić information content (AvgIpc) is 2.38. The predicted molar refractivity (Wildman–Crippen MR) is 66.9 cm³/mol. The largest absolute Gasteiger partial charge is 0.478 e. The number of carboxylic acids is 1. The van der Waals surface area contributed by atoms with E-state index in [0.29, 0.717) is 24.2 Å². The van der Waals surface area contributed by atoms with Crippen molar-refractivity contribution in [3.05, 3.63) is 34.9 Å². The van der Waals surface area contributed by atoms with Crippen LogP contribution in [0.4, 0.5) is 0 Å². The summed E-state index contributed by atoms with van der Waals surface area (Å²) in [5.74, 6) is -0.995. The number of rotatable bonds is 2. The van der Waals surface area contributed by atoms with Crippen molar-refractivity contribution in [2.75, 3.05) is 26.2 Å². The first-order chi connectivity index (χ1) is 8.59. The number of aromatic carboxylic acids is 1. The lowest BCUT2D eigenvalue weighted by molar-refractivity contribution is 0.0692. The lowest BCUT2D eigenvalue weighted by atomic mass is 10.0. The van der Waals surface area contributed by atoms with Gasteiger partial charge in [0.2, 0.25) is 0 Å². The van der Waals surface area contributed by atoms with Crippen LogP contribution in [0.2, 0.25) is 0 Å². The minimum absolute atomic E-state index is 0.0223. The third kappa shape index (κ3) is 2.51. The zero-order chi connectivity index (χ0) is 13.1. The van der Waals surface area contributed by atoms with Crippen LogP contribution in [0, 0.1) is 6.92 Å². The molecule has 1 amide bonds. The van der Waals surface area contributed by atoms with Crippen molar-refractivity contribution in [1.29, 1.82) is 0 Å². The van der Waals surface area contributed by atoms with E-state index < -0.39 is 5.97 Å². The van der Waals surface area contributed by atoms with Crippen LogP contribution in [-0.4, -0.2) is 48.1 Å². The first-order valence-corrected chi connectivity index (χ1v) is 5.93. The maximum absolute atomic E-state index is 12.3. The van der Waals surface area contributed by atoms with Gasteiger partial charge in [0.05, 0.1) is 5.56 Å². The van der Waals surface area contributed by atoms with E-state index in [1.54, 1.807) is 17.9 Å². The Morgan fingerprint density at radius 1 is 1.28 bits per heavy atom. The zero-order valence-electron chi connectivity index (χ0n) is 10.3. The van der Waals surface area contributed by atoms with Crippen molar-refractivity contribution in [3.8, 4) is 0 Å². The summed E-state index contributed by atoms with van der Waals surface area (Å²) in [5.41, 5.74) is 1.50. The molecule has 0 aliphatic carbocycles. The molecule has 0 spiro atoms. The highest BCUT2D eigenvalue weighted by Gasteiger charge is 2.19. The van der Waals surface area contributed by atoms with Gasteiger partial charge in [0, 0.05) is 31.7 Å². The number of aryl methyl sites for hydroxylation is 1. The van der Waals surface area contributed by atoms with Crippen molar-refractivity contribution >= 4 is 11.9 Å². The predicted octanol–water partition coefficient (Wildman–Crippen LogP) is 0.739. The molecule has 0 aromatic heterocycles. The van der Waals surface area contributed by atoms with E-state index in [4.69, 9.17) is 5.11 Å². The quantitative estimate of drug-likeness (QED) is 0.810. The van der Waals surface area contributed by atoms with E-state index in [2.05, 4.69) is 5.32 Å². The smallest absolute Gasteiger partial charge is 0.335 e. The number of carbonyl (C=O) groups is 2. The van der Waals surface area contributed by atoms with Crippen LogP contribution in [-0.2, 0) is 0 Å². The number of nitrogens with zero attached hydrogens (tertiary/aromatic N) is 1. The van der Waals surface area contributed by atoms with Gasteiger partial charge in [-0.3, -0.25) is 4.79 Å². The molecule has 1 heterocycles. The Labute approximate surface area is 105 Å². The fourth-order valence-electron chi connectivity index (χ4n) is 2.07. The van der Waals surface area contributed by atoms with Gasteiger partial charge >= 0.3 is 5.97 Å². The van der Waals surface area contributed by atoms with Gasteiger partial charge in [0.15, 0.2) is 0 Å². The summed E-state index contributed by atoms with van der Waals surface area (Å²) >= 11 is 0. The minimum atomic E-state index is -0.973. The second-order valence-electron chi connectivity index (χ2n) is 4.38. The highest BCUT2D eigenvalue weighted by molar-refractivity contribution is 5.97. The molecule has 0 saturated carbocycles. The molecular weight excluding hydrogens is 232 g/mol. The maximum atomic E-state index is 12.3. The van der Waals surface area contributed by atoms with Gasteiger partial charge < -0.3 is 15.3 Å². The summed E-state index contributed by atoms with van der Waals surface area (Å²) in [4.78, 5) is 24.9. The third-order valence-electron chi connectivity index (χ3n) is 3.11. The first kappa shape index (κ1) is 12.6. The Bertz CT molecular complexity index is 479. The van der Waals surface area contributed by atoms with Gasteiger partial charge in [-0.25, -0.2) is 4.79 Å². The molecule has 2 N–H and O–H groups in total. The summed E-state index contributed by atoms with van der Waals surface area (Å²) in [6, 6.07) is 4.62. The molecule has 1 aromatic rings. The molecule has 5 heteroatoms. The lowest BCUT2D eigenvalue weighted by Gasteiger charge is -2.28. The summed E-state index contributed by atoms with van der Waals surface area (Å²) in [6.45, 7) is 4.76. The third-order valence-corrected chi connectivity index (χ3v) is 3.11. The van der Waals surface area contributed by atoms with Gasteiger partial charge in [-0.05, 0) is 30.7 Å². The minimum Gasteiger partial charge on any atom is -0.478 e. The van der Waals surface area contributed by atoms with Gasteiger partial charge in [-0.2, -0.15) is 0 Å². The molecular formula is C13H16N2O3. The monoisotopic (exact) mass is 248 g/mol. The zero-order valence-corrected chi connectivity index (χ0v) is 10.3. The molecule has 0 radical (unpaired) electrons. The molecule has 18 heavy (non-hydrogen) atoms. The molecule has 1 aliphatic rings. The molecule has 1 fully saturated rings.